The van der Waals surface area contributed by atoms with Gasteiger partial charge in [0.1, 0.15) is 12.0 Å². The lowest BCUT2D eigenvalue weighted by molar-refractivity contribution is 0.112. The van der Waals surface area contributed by atoms with Crippen molar-refractivity contribution < 1.29 is 4.79 Å². The van der Waals surface area contributed by atoms with Crippen LogP contribution >= 0.6 is 0 Å². The number of hydrogen-bond acceptors (Lipinski definition) is 2. The van der Waals surface area contributed by atoms with Gasteiger partial charge in [0.2, 0.25) is 0 Å². The van der Waals surface area contributed by atoms with E-state index in [9.17, 15) is 4.79 Å². The highest BCUT2D eigenvalue weighted by molar-refractivity contribution is 5.75. The van der Waals surface area contributed by atoms with Crippen molar-refractivity contribution in [2.24, 2.45) is 0 Å². The van der Waals surface area contributed by atoms with Gasteiger partial charge in [-0.2, -0.15) is 0 Å². The summed E-state index contributed by atoms with van der Waals surface area (Å²) in [6, 6.07) is 12.8. The first-order chi connectivity index (χ1) is 7.88. The van der Waals surface area contributed by atoms with Gasteiger partial charge in [0.25, 0.3) is 0 Å². The Labute approximate surface area is 94.0 Å². The van der Waals surface area contributed by atoms with Crippen LogP contribution in [-0.4, -0.2) is 11.3 Å². The fourth-order valence-electron chi connectivity index (χ4n) is 1.26. The standard InChI is InChI=1S/C14H9NO/c16-11-13-5-3-4-12(10-13)7-8-14-6-1-2-9-15-14/h1-6,9-11H. The number of aromatic nitrogens is 1. The third-order valence-corrected chi connectivity index (χ3v) is 2.02. The SMILES string of the molecule is O=Cc1cccc(C#Cc2ccccn2)c1. The van der Waals surface area contributed by atoms with E-state index in [0.717, 1.165) is 17.5 Å². The van der Waals surface area contributed by atoms with Crippen molar-refractivity contribution in [3.63, 3.8) is 0 Å². The van der Waals surface area contributed by atoms with Crippen LogP contribution in [0.2, 0.25) is 0 Å². The monoisotopic (exact) mass is 207 g/mol. The molecule has 16 heavy (non-hydrogen) atoms. The highest BCUT2D eigenvalue weighted by Gasteiger charge is 1.90. The van der Waals surface area contributed by atoms with Gasteiger partial charge in [0.15, 0.2) is 0 Å². The minimum absolute atomic E-state index is 0.632. The van der Waals surface area contributed by atoms with Crippen molar-refractivity contribution in [1.82, 2.24) is 4.98 Å². The van der Waals surface area contributed by atoms with Gasteiger partial charge in [-0.3, -0.25) is 4.79 Å². The van der Waals surface area contributed by atoms with E-state index in [-0.39, 0.29) is 0 Å². The van der Waals surface area contributed by atoms with Crippen molar-refractivity contribution >= 4 is 6.29 Å². The third kappa shape index (κ3) is 2.55. The molecule has 2 nitrogen and oxygen atoms in total. The van der Waals surface area contributed by atoms with Crippen LogP contribution in [0, 0.1) is 11.8 Å². The average molecular weight is 207 g/mol. The van der Waals surface area contributed by atoms with E-state index in [1.54, 1.807) is 18.3 Å². The molecule has 1 heterocycles. The highest BCUT2D eigenvalue weighted by atomic mass is 16.1. The van der Waals surface area contributed by atoms with Crippen LogP contribution in [0.25, 0.3) is 0 Å². The molecule has 0 spiro atoms. The normalized spacial score (nSPS) is 9.00. The number of rotatable bonds is 1. The molecule has 0 fully saturated rings. The van der Waals surface area contributed by atoms with Crippen molar-refractivity contribution in [1.29, 1.82) is 0 Å². The zero-order valence-electron chi connectivity index (χ0n) is 8.55. The predicted molar refractivity (Wildman–Crippen MR) is 62.0 cm³/mol. The molecule has 0 amide bonds. The molecule has 2 aromatic rings. The third-order valence-electron chi connectivity index (χ3n) is 2.02. The van der Waals surface area contributed by atoms with E-state index >= 15 is 0 Å². The molecule has 0 saturated carbocycles. The molecule has 0 unspecified atom stereocenters. The summed E-state index contributed by atoms with van der Waals surface area (Å²) >= 11 is 0. The minimum atomic E-state index is 0.632. The van der Waals surface area contributed by atoms with E-state index in [0.29, 0.717) is 5.56 Å². The Morgan fingerprint density at radius 3 is 2.75 bits per heavy atom. The van der Waals surface area contributed by atoms with Gasteiger partial charge < -0.3 is 0 Å². The van der Waals surface area contributed by atoms with E-state index < -0.39 is 0 Å². The highest BCUT2D eigenvalue weighted by Crippen LogP contribution is 2.01. The Balaban J connectivity index is 2.27. The summed E-state index contributed by atoms with van der Waals surface area (Å²) in [5.74, 6) is 5.90. The maximum absolute atomic E-state index is 10.6. The van der Waals surface area contributed by atoms with Crippen molar-refractivity contribution in [2.45, 2.75) is 0 Å². The molecule has 0 radical (unpaired) electrons. The minimum Gasteiger partial charge on any atom is -0.298 e. The topological polar surface area (TPSA) is 30.0 Å². The number of carbonyl (C=O) groups is 1. The summed E-state index contributed by atoms with van der Waals surface area (Å²) in [6.07, 6.45) is 2.51. The number of carbonyl (C=O) groups excluding carboxylic acids is 1. The Morgan fingerprint density at radius 2 is 2.00 bits per heavy atom. The van der Waals surface area contributed by atoms with Crippen LogP contribution in [0.3, 0.4) is 0 Å². The lowest BCUT2D eigenvalue weighted by Gasteiger charge is -1.91. The van der Waals surface area contributed by atoms with Gasteiger partial charge in [-0.1, -0.05) is 24.1 Å². The average Bonchev–Trinajstić information content (AvgIpc) is 2.38. The van der Waals surface area contributed by atoms with Crippen molar-refractivity contribution in [3.05, 3.63) is 65.5 Å². The summed E-state index contributed by atoms with van der Waals surface area (Å²) in [7, 11) is 0. The van der Waals surface area contributed by atoms with Crippen LogP contribution in [-0.2, 0) is 0 Å². The molecule has 0 aliphatic heterocycles. The Bertz CT molecular complexity index is 550. The van der Waals surface area contributed by atoms with Crippen LogP contribution in [0.1, 0.15) is 21.6 Å². The number of aldehydes is 1. The second-order valence-corrected chi connectivity index (χ2v) is 3.21. The largest absolute Gasteiger partial charge is 0.298 e. The molecule has 0 saturated heterocycles. The molecule has 76 valence electrons. The number of pyridine rings is 1. The first kappa shape index (κ1) is 10.1. The van der Waals surface area contributed by atoms with Crippen LogP contribution in [0.4, 0.5) is 0 Å². The second kappa shape index (κ2) is 4.90. The molecule has 2 heteroatoms. The molecule has 0 bridgehead atoms. The molecule has 2 rings (SSSR count). The van der Waals surface area contributed by atoms with Gasteiger partial charge in [0.05, 0.1) is 0 Å². The molecule has 1 aromatic carbocycles. The van der Waals surface area contributed by atoms with E-state index in [1.807, 2.05) is 30.3 Å². The summed E-state index contributed by atoms with van der Waals surface area (Å²) in [5, 5.41) is 0. The lowest BCUT2D eigenvalue weighted by atomic mass is 10.1. The first-order valence-corrected chi connectivity index (χ1v) is 4.87. The Hall–Kier alpha value is -2.40. The van der Waals surface area contributed by atoms with E-state index in [1.165, 1.54) is 0 Å². The molecule has 0 aliphatic carbocycles. The zero-order chi connectivity index (χ0) is 11.2. The van der Waals surface area contributed by atoms with Gasteiger partial charge in [-0.25, -0.2) is 4.98 Å². The molecule has 0 atom stereocenters. The summed E-state index contributed by atoms with van der Waals surface area (Å²) < 4.78 is 0. The van der Waals surface area contributed by atoms with Crippen LogP contribution in [0.5, 0.6) is 0 Å². The Kier molecular flexibility index (Phi) is 3.10. The fourth-order valence-corrected chi connectivity index (χ4v) is 1.26. The van der Waals surface area contributed by atoms with Gasteiger partial charge in [-0.05, 0) is 30.2 Å². The fraction of sp³-hybridized carbons (Fsp3) is 0. The second-order valence-electron chi connectivity index (χ2n) is 3.21. The van der Waals surface area contributed by atoms with Crippen molar-refractivity contribution in [2.75, 3.05) is 0 Å². The molecule has 0 aliphatic rings. The van der Waals surface area contributed by atoms with Gasteiger partial charge >= 0.3 is 0 Å². The molecular formula is C14H9NO. The lowest BCUT2D eigenvalue weighted by Crippen LogP contribution is -1.82. The molecular weight excluding hydrogens is 198 g/mol. The van der Waals surface area contributed by atoms with E-state index in [2.05, 4.69) is 16.8 Å². The number of nitrogens with zero attached hydrogens (tertiary/aromatic N) is 1. The van der Waals surface area contributed by atoms with Gasteiger partial charge in [0, 0.05) is 17.3 Å². The quantitative estimate of drug-likeness (QED) is 0.530. The maximum atomic E-state index is 10.6. The molecule has 0 N–H and O–H groups in total. The molecule has 1 aromatic heterocycles. The van der Waals surface area contributed by atoms with Crippen LogP contribution in [0.15, 0.2) is 48.7 Å². The number of benzene rings is 1. The zero-order valence-corrected chi connectivity index (χ0v) is 8.55. The first-order valence-electron chi connectivity index (χ1n) is 4.87. The predicted octanol–water partition coefficient (Wildman–Crippen LogP) is 2.29. The smallest absolute Gasteiger partial charge is 0.150 e. The van der Waals surface area contributed by atoms with E-state index in [4.69, 9.17) is 0 Å². The maximum Gasteiger partial charge on any atom is 0.150 e. The summed E-state index contributed by atoms with van der Waals surface area (Å²) in [5.41, 5.74) is 2.17. The van der Waals surface area contributed by atoms with Crippen molar-refractivity contribution in [3.8, 4) is 11.8 Å². The number of hydrogen-bond donors (Lipinski definition) is 0. The Morgan fingerprint density at radius 1 is 1.06 bits per heavy atom. The summed E-state index contributed by atoms with van der Waals surface area (Å²) in [6.45, 7) is 0. The van der Waals surface area contributed by atoms with Crippen LogP contribution < -0.4 is 0 Å². The summed E-state index contributed by atoms with van der Waals surface area (Å²) in [4.78, 5) is 14.7. The van der Waals surface area contributed by atoms with Gasteiger partial charge in [-0.15, -0.1) is 0 Å².